The van der Waals surface area contributed by atoms with Crippen LogP contribution in [-0.4, -0.2) is 44.7 Å². The fourth-order valence-corrected chi connectivity index (χ4v) is 3.72. The molecule has 162 valence electrons. The predicted molar refractivity (Wildman–Crippen MR) is 111 cm³/mol. The minimum atomic E-state index is -3.52. The quantitative estimate of drug-likeness (QED) is 0.583. The Morgan fingerprint density at radius 3 is 2.37 bits per heavy atom. The molecule has 10 heteroatoms. The zero-order chi connectivity index (χ0) is 22.4. The standard InChI is InChI=1S/C20H24FN3O5S/c1-4-11-30(27,28)23-13-20(2,21)15-6-8-16(9-7-15)24-18(25)17-10-5-14(12-22-17)19(26)29-3/h5-10,12,23H,4,11,13H2,1-3H3,(H,24,25). The van der Waals surface area contributed by atoms with Crippen LogP contribution in [-0.2, 0) is 20.4 Å². The molecule has 1 atom stereocenters. The molecule has 0 aliphatic carbocycles. The Balaban J connectivity index is 2.02. The zero-order valence-electron chi connectivity index (χ0n) is 16.9. The molecule has 0 bridgehead atoms. The molecule has 0 radical (unpaired) electrons. The molecule has 0 spiro atoms. The highest BCUT2D eigenvalue weighted by Gasteiger charge is 2.27. The third-order valence-corrected chi connectivity index (χ3v) is 5.79. The number of esters is 1. The first-order valence-electron chi connectivity index (χ1n) is 9.20. The van der Waals surface area contributed by atoms with Crippen LogP contribution in [0.15, 0.2) is 42.6 Å². The SMILES string of the molecule is CCCS(=O)(=O)NCC(C)(F)c1ccc(NC(=O)c2ccc(C(=O)OC)cn2)cc1. The van der Waals surface area contributed by atoms with E-state index in [1.165, 1.54) is 56.6 Å². The molecular weight excluding hydrogens is 413 g/mol. The number of methoxy groups -OCH3 is 1. The molecule has 2 aromatic rings. The molecule has 0 saturated carbocycles. The zero-order valence-corrected chi connectivity index (χ0v) is 17.8. The highest BCUT2D eigenvalue weighted by Crippen LogP contribution is 2.26. The summed E-state index contributed by atoms with van der Waals surface area (Å²) in [4.78, 5) is 27.6. The summed E-state index contributed by atoms with van der Waals surface area (Å²) < 4.78 is 45.2. The van der Waals surface area contributed by atoms with Gasteiger partial charge in [-0.3, -0.25) is 9.78 Å². The first-order chi connectivity index (χ1) is 14.1. The van der Waals surface area contributed by atoms with E-state index in [-0.39, 0.29) is 22.6 Å². The Kier molecular flexibility index (Phi) is 7.63. The van der Waals surface area contributed by atoms with Gasteiger partial charge in [0.15, 0.2) is 0 Å². The maximum atomic E-state index is 14.9. The molecule has 1 aromatic carbocycles. The van der Waals surface area contributed by atoms with Crippen molar-refractivity contribution in [1.82, 2.24) is 9.71 Å². The largest absolute Gasteiger partial charge is 0.465 e. The number of halogens is 1. The van der Waals surface area contributed by atoms with Crippen LogP contribution in [0.5, 0.6) is 0 Å². The second-order valence-corrected chi connectivity index (χ2v) is 8.72. The van der Waals surface area contributed by atoms with Gasteiger partial charge in [0.05, 0.1) is 18.4 Å². The number of hydrogen-bond acceptors (Lipinski definition) is 6. The van der Waals surface area contributed by atoms with Crippen LogP contribution in [0.4, 0.5) is 10.1 Å². The number of sulfonamides is 1. The van der Waals surface area contributed by atoms with Gasteiger partial charge < -0.3 is 10.1 Å². The summed E-state index contributed by atoms with van der Waals surface area (Å²) in [6.07, 6.45) is 1.67. The molecule has 1 amide bonds. The maximum Gasteiger partial charge on any atom is 0.339 e. The molecule has 1 heterocycles. The van der Waals surface area contributed by atoms with Gasteiger partial charge >= 0.3 is 5.97 Å². The Hall–Kier alpha value is -2.85. The number of carbonyl (C=O) groups is 2. The van der Waals surface area contributed by atoms with E-state index >= 15 is 0 Å². The van der Waals surface area contributed by atoms with Gasteiger partial charge in [-0.15, -0.1) is 0 Å². The number of nitrogens with one attached hydrogen (secondary N) is 2. The van der Waals surface area contributed by atoms with E-state index in [4.69, 9.17) is 0 Å². The lowest BCUT2D eigenvalue weighted by atomic mass is 9.98. The van der Waals surface area contributed by atoms with E-state index in [2.05, 4.69) is 19.8 Å². The van der Waals surface area contributed by atoms with Gasteiger partial charge in [0.25, 0.3) is 5.91 Å². The number of anilines is 1. The molecule has 8 nitrogen and oxygen atoms in total. The summed E-state index contributed by atoms with van der Waals surface area (Å²) in [6.45, 7) is 2.61. The number of hydrogen-bond donors (Lipinski definition) is 2. The summed E-state index contributed by atoms with van der Waals surface area (Å²) in [5.41, 5.74) is -0.943. The second-order valence-electron chi connectivity index (χ2n) is 6.79. The summed E-state index contributed by atoms with van der Waals surface area (Å²) in [7, 11) is -2.28. The molecule has 0 aliphatic heterocycles. The minimum absolute atomic E-state index is 0.0668. The molecule has 2 rings (SSSR count). The Morgan fingerprint density at radius 2 is 1.83 bits per heavy atom. The number of ether oxygens (including phenoxy) is 1. The van der Waals surface area contributed by atoms with Crippen LogP contribution in [0.1, 0.15) is 46.7 Å². The fourth-order valence-electron chi connectivity index (χ4n) is 2.55. The van der Waals surface area contributed by atoms with Crippen molar-refractivity contribution < 1.29 is 27.1 Å². The molecule has 1 aromatic heterocycles. The highest BCUT2D eigenvalue weighted by atomic mass is 32.2. The number of aromatic nitrogens is 1. The van der Waals surface area contributed by atoms with Crippen molar-refractivity contribution in [2.45, 2.75) is 25.9 Å². The monoisotopic (exact) mass is 437 g/mol. The number of alkyl halides is 1. The second kappa shape index (κ2) is 9.77. The van der Waals surface area contributed by atoms with Crippen molar-refractivity contribution in [1.29, 1.82) is 0 Å². The normalized spacial score (nSPS) is 13.3. The molecule has 0 saturated heterocycles. The van der Waals surface area contributed by atoms with Crippen LogP contribution in [0.25, 0.3) is 0 Å². The Bertz CT molecular complexity index is 990. The molecule has 0 fully saturated rings. The molecule has 2 N–H and O–H groups in total. The Morgan fingerprint density at radius 1 is 1.17 bits per heavy atom. The van der Waals surface area contributed by atoms with E-state index < -0.39 is 34.1 Å². The highest BCUT2D eigenvalue weighted by molar-refractivity contribution is 7.89. The van der Waals surface area contributed by atoms with Crippen molar-refractivity contribution in [2.24, 2.45) is 0 Å². The van der Waals surface area contributed by atoms with Gasteiger partial charge in [0, 0.05) is 18.4 Å². The van der Waals surface area contributed by atoms with E-state index in [9.17, 15) is 22.4 Å². The van der Waals surface area contributed by atoms with E-state index in [1.54, 1.807) is 6.92 Å². The first kappa shape index (κ1) is 23.4. The number of rotatable bonds is 9. The summed E-state index contributed by atoms with van der Waals surface area (Å²) in [6, 6.07) is 8.76. The summed E-state index contributed by atoms with van der Waals surface area (Å²) >= 11 is 0. The summed E-state index contributed by atoms with van der Waals surface area (Å²) in [5.74, 6) is -1.13. The van der Waals surface area contributed by atoms with Gasteiger partial charge in [-0.2, -0.15) is 0 Å². The lowest BCUT2D eigenvalue weighted by Crippen LogP contribution is -2.36. The van der Waals surface area contributed by atoms with Crippen LogP contribution < -0.4 is 10.0 Å². The van der Waals surface area contributed by atoms with Gasteiger partial charge in [-0.1, -0.05) is 19.1 Å². The van der Waals surface area contributed by atoms with Crippen LogP contribution >= 0.6 is 0 Å². The van der Waals surface area contributed by atoms with Crippen LogP contribution in [0.2, 0.25) is 0 Å². The average molecular weight is 437 g/mol. The van der Waals surface area contributed by atoms with E-state index in [0.29, 0.717) is 12.1 Å². The predicted octanol–water partition coefficient (Wildman–Crippen LogP) is 2.63. The molecule has 0 aliphatic rings. The first-order valence-corrected chi connectivity index (χ1v) is 10.9. The minimum Gasteiger partial charge on any atom is -0.465 e. The molecule has 1 unspecified atom stereocenters. The number of pyridine rings is 1. The smallest absolute Gasteiger partial charge is 0.339 e. The van der Waals surface area contributed by atoms with E-state index in [1.807, 2.05) is 0 Å². The van der Waals surface area contributed by atoms with Crippen molar-refractivity contribution >= 4 is 27.6 Å². The maximum absolute atomic E-state index is 14.9. The number of carbonyl (C=O) groups excluding carboxylic acids is 2. The van der Waals surface area contributed by atoms with E-state index in [0.717, 1.165) is 0 Å². The summed E-state index contributed by atoms with van der Waals surface area (Å²) in [5, 5.41) is 2.62. The number of nitrogens with zero attached hydrogens (tertiary/aromatic N) is 1. The van der Waals surface area contributed by atoms with Crippen molar-refractivity contribution in [3.05, 3.63) is 59.4 Å². The number of benzene rings is 1. The third-order valence-electron chi connectivity index (χ3n) is 4.26. The van der Waals surface area contributed by atoms with Gasteiger partial charge in [-0.05, 0) is 43.2 Å². The van der Waals surface area contributed by atoms with Crippen LogP contribution in [0, 0.1) is 0 Å². The number of amides is 1. The third kappa shape index (κ3) is 6.33. The van der Waals surface area contributed by atoms with Crippen molar-refractivity contribution in [3.63, 3.8) is 0 Å². The van der Waals surface area contributed by atoms with Gasteiger partial charge in [0.2, 0.25) is 10.0 Å². The lowest BCUT2D eigenvalue weighted by molar-refractivity contribution is 0.0599. The Labute approximate surface area is 174 Å². The van der Waals surface area contributed by atoms with Crippen molar-refractivity contribution in [2.75, 3.05) is 24.7 Å². The van der Waals surface area contributed by atoms with Crippen LogP contribution in [0.3, 0.4) is 0 Å². The lowest BCUT2D eigenvalue weighted by Gasteiger charge is -2.21. The molecular formula is C20H24FN3O5S. The van der Waals surface area contributed by atoms with Gasteiger partial charge in [0.1, 0.15) is 11.4 Å². The van der Waals surface area contributed by atoms with Gasteiger partial charge in [-0.25, -0.2) is 22.3 Å². The average Bonchev–Trinajstić information content (AvgIpc) is 2.72. The van der Waals surface area contributed by atoms with Crippen molar-refractivity contribution in [3.8, 4) is 0 Å². The topological polar surface area (TPSA) is 114 Å². The fraction of sp³-hybridized carbons (Fsp3) is 0.350. The molecule has 30 heavy (non-hydrogen) atoms.